The van der Waals surface area contributed by atoms with Crippen LogP contribution in [0.25, 0.3) is 11.1 Å². The highest BCUT2D eigenvalue weighted by Crippen LogP contribution is 2.28. The van der Waals surface area contributed by atoms with Gasteiger partial charge in [-0.3, -0.25) is 4.79 Å². The smallest absolute Gasteiger partial charge is 0.366 e. The molecule has 0 aliphatic rings. The van der Waals surface area contributed by atoms with Gasteiger partial charge in [0, 0.05) is 17.4 Å². The summed E-state index contributed by atoms with van der Waals surface area (Å²) in [7, 11) is 0. The molecular formula is C18H13F3N4O. The minimum Gasteiger partial charge on any atom is -0.366 e. The molecule has 0 saturated carbocycles. The van der Waals surface area contributed by atoms with E-state index in [1.165, 1.54) is 0 Å². The molecule has 3 aromatic rings. The van der Waals surface area contributed by atoms with Crippen molar-refractivity contribution >= 4 is 17.5 Å². The van der Waals surface area contributed by atoms with Gasteiger partial charge in [-0.15, -0.1) is 0 Å². The van der Waals surface area contributed by atoms with Crippen LogP contribution in [0, 0.1) is 0 Å². The summed E-state index contributed by atoms with van der Waals surface area (Å²) in [4.78, 5) is 18.4. The van der Waals surface area contributed by atoms with Crippen molar-refractivity contribution in [2.24, 2.45) is 5.73 Å². The van der Waals surface area contributed by atoms with Crippen LogP contribution in [0.2, 0.25) is 0 Å². The molecule has 0 bridgehead atoms. The van der Waals surface area contributed by atoms with Crippen LogP contribution in [-0.2, 0) is 6.18 Å². The number of aromatic nitrogens is 2. The molecule has 0 saturated heterocycles. The predicted octanol–water partition coefficient (Wildman–Crippen LogP) is 4.00. The van der Waals surface area contributed by atoms with E-state index in [9.17, 15) is 18.0 Å². The maximum absolute atomic E-state index is 12.7. The lowest BCUT2D eigenvalue weighted by atomic mass is 10.0. The van der Waals surface area contributed by atoms with Gasteiger partial charge in [0.15, 0.2) is 0 Å². The Labute approximate surface area is 146 Å². The molecule has 0 aliphatic heterocycles. The predicted molar refractivity (Wildman–Crippen MR) is 90.7 cm³/mol. The molecule has 0 unspecified atom stereocenters. The number of amides is 1. The number of nitrogens with one attached hydrogen (secondary N) is 1. The number of alkyl halides is 3. The third-order valence-electron chi connectivity index (χ3n) is 3.57. The standard InChI is InChI=1S/C18H13F3N4O/c19-18(20,21)15-8-9-23-17(25-15)24-14-3-1-2-13(10-14)11-4-6-12(7-5-11)16(22)26/h1-10H,(H2,22,26)(H,23,24,25). The van der Waals surface area contributed by atoms with Crippen molar-refractivity contribution in [3.8, 4) is 11.1 Å². The molecule has 0 atom stereocenters. The molecule has 1 heterocycles. The van der Waals surface area contributed by atoms with E-state index in [-0.39, 0.29) is 5.95 Å². The Kier molecular flexibility index (Phi) is 4.57. The summed E-state index contributed by atoms with van der Waals surface area (Å²) in [6, 6.07) is 14.5. The van der Waals surface area contributed by atoms with E-state index in [0.29, 0.717) is 11.3 Å². The number of primary amides is 1. The zero-order valence-corrected chi connectivity index (χ0v) is 13.3. The molecule has 8 heteroatoms. The van der Waals surface area contributed by atoms with E-state index in [1.54, 1.807) is 42.5 Å². The van der Waals surface area contributed by atoms with E-state index >= 15 is 0 Å². The zero-order valence-electron chi connectivity index (χ0n) is 13.3. The third kappa shape index (κ3) is 3.97. The van der Waals surface area contributed by atoms with Gasteiger partial charge in [-0.2, -0.15) is 13.2 Å². The SMILES string of the molecule is NC(=O)c1ccc(-c2cccc(Nc3nccc(C(F)(F)F)n3)c2)cc1. The van der Waals surface area contributed by atoms with Gasteiger partial charge in [0.2, 0.25) is 11.9 Å². The van der Waals surface area contributed by atoms with Gasteiger partial charge < -0.3 is 11.1 Å². The van der Waals surface area contributed by atoms with Crippen LogP contribution in [0.5, 0.6) is 0 Å². The third-order valence-corrected chi connectivity index (χ3v) is 3.57. The van der Waals surface area contributed by atoms with Crippen LogP contribution in [-0.4, -0.2) is 15.9 Å². The van der Waals surface area contributed by atoms with E-state index < -0.39 is 17.8 Å². The van der Waals surface area contributed by atoms with E-state index in [0.717, 1.165) is 23.4 Å². The first-order chi connectivity index (χ1) is 12.3. The number of halogens is 3. The van der Waals surface area contributed by atoms with E-state index in [1.807, 2.05) is 6.07 Å². The Bertz CT molecular complexity index is 940. The first-order valence-electron chi connectivity index (χ1n) is 7.50. The molecule has 26 heavy (non-hydrogen) atoms. The van der Waals surface area contributed by atoms with Crippen molar-refractivity contribution < 1.29 is 18.0 Å². The molecule has 1 amide bonds. The van der Waals surface area contributed by atoms with Crippen LogP contribution in [0.15, 0.2) is 60.8 Å². The fraction of sp³-hybridized carbons (Fsp3) is 0.0556. The number of hydrogen-bond donors (Lipinski definition) is 2. The van der Waals surface area contributed by atoms with Gasteiger partial charge in [0.05, 0.1) is 0 Å². The van der Waals surface area contributed by atoms with Crippen LogP contribution >= 0.6 is 0 Å². The summed E-state index contributed by atoms with van der Waals surface area (Å²) in [6.07, 6.45) is -3.49. The Morgan fingerprint density at radius 2 is 1.73 bits per heavy atom. The normalized spacial score (nSPS) is 11.2. The number of nitrogens with zero attached hydrogens (tertiary/aromatic N) is 2. The minimum absolute atomic E-state index is 0.152. The van der Waals surface area contributed by atoms with Gasteiger partial charge in [-0.05, 0) is 41.5 Å². The topological polar surface area (TPSA) is 80.9 Å². The molecule has 1 aromatic heterocycles. The number of anilines is 2. The quantitative estimate of drug-likeness (QED) is 0.739. The van der Waals surface area contributed by atoms with Gasteiger partial charge in [0.25, 0.3) is 0 Å². The summed E-state index contributed by atoms with van der Waals surface area (Å²) >= 11 is 0. The maximum atomic E-state index is 12.7. The monoisotopic (exact) mass is 358 g/mol. The fourth-order valence-electron chi connectivity index (χ4n) is 2.31. The van der Waals surface area contributed by atoms with Gasteiger partial charge in [-0.25, -0.2) is 9.97 Å². The van der Waals surface area contributed by atoms with Crippen molar-refractivity contribution in [3.05, 3.63) is 72.1 Å². The van der Waals surface area contributed by atoms with Crippen molar-refractivity contribution in [2.45, 2.75) is 6.18 Å². The molecule has 3 N–H and O–H groups in total. The Morgan fingerprint density at radius 3 is 2.38 bits per heavy atom. The maximum Gasteiger partial charge on any atom is 0.433 e. The molecule has 0 spiro atoms. The number of rotatable bonds is 4. The van der Waals surface area contributed by atoms with Crippen LogP contribution in [0.3, 0.4) is 0 Å². The van der Waals surface area contributed by atoms with E-state index in [2.05, 4.69) is 15.3 Å². The lowest BCUT2D eigenvalue weighted by Crippen LogP contribution is -2.10. The zero-order chi connectivity index (χ0) is 18.7. The summed E-state index contributed by atoms with van der Waals surface area (Å²) in [5.41, 5.74) is 6.74. The second-order valence-corrected chi connectivity index (χ2v) is 5.41. The first-order valence-corrected chi connectivity index (χ1v) is 7.50. The summed E-state index contributed by atoms with van der Waals surface area (Å²) in [5, 5.41) is 2.76. The lowest BCUT2D eigenvalue weighted by molar-refractivity contribution is -0.141. The highest BCUT2D eigenvalue weighted by atomic mass is 19.4. The number of carbonyl (C=O) groups excluding carboxylic acids is 1. The second kappa shape index (κ2) is 6.83. The molecule has 132 valence electrons. The van der Waals surface area contributed by atoms with Gasteiger partial charge >= 0.3 is 6.18 Å². The van der Waals surface area contributed by atoms with Gasteiger partial charge in [-0.1, -0.05) is 24.3 Å². The highest BCUT2D eigenvalue weighted by Gasteiger charge is 2.32. The second-order valence-electron chi connectivity index (χ2n) is 5.41. The average Bonchev–Trinajstić information content (AvgIpc) is 2.61. The molecule has 0 radical (unpaired) electrons. The van der Waals surface area contributed by atoms with Gasteiger partial charge in [0.1, 0.15) is 5.69 Å². The average molecular weight is 358 g/mol. The largest absolute Gasteiger partial charge is 0.433 e. The molecule has 5 nitrogen and oxygen atoms in total. The van der Waals surface area contributed by atoms with Crippen LogP contribution in [0.4, 0.5) is 24.8 Å². The van der Waals surface area contributed by atoms with Crippen molar-refractivity contribution in [1.82, 2.24) is 9.97 Å². The number of carbonyl (C=O) groups is 1. The van der Waals surface area contributed by atoms with Crippen LogP contribution in [0.1, 0.15) is 16.1 Å². The van der Waals surface area contributed by atoms with Crippen LogP contribution < -0.4 is 11.1 Å². The Morgan fingerprint density at radius 1 is 1.00 bits per heavy atom. The Hall–Kier alpha value is -3.42. The fourth-order valence-corrected chi connectivity index (χ4v) is 2.31. The molecule has 2 aromatic carbocycles. The van der Waals surface area contributed by atoms with Crippen molar-refractivity contribution in [2.75, 3.05) is 5.32 Å². The molecule has 0 fully saturated rings. The lowest BCUT2D eigenvalue weighted by Gasteiger charge is -2.10. The summed E-state index contributed by atoms with van der Waals surface area (Å²) < 4.78 is 38.2. The highest BCUT2D eigenvalue weighted by molar-refractivity contribution is 5.93. The Balaban J connectivity index is 1.85. The molecule has 0 aliphatic carbocycles. The van der Waals surface area contributed by atoms with Crippen molar-refractivity contribution in [1.29, 1.82) is 0 Å². The molecular weight excluding hydrogens is 345 g/mol. The number of hydrogen-bond acceptors (Lipinski definition) is 4. The van der Waals surface area contributed by atoms with Crippen molar-refractivity contribution in [3.63, 3.8) is 0 Å². The molecule has 3 rings (SSSR count). The summed E-state index contributed by atoms with van der Waals surface area (Å²) in [5.74, 6) is -0.672. The number of benzene rings is 2. The number of nitrogens with two attached hydrogens (primary N) is 1. The minimum atomic E-state index is -4.54. The summed E-state index contributed by atoms with van der Waals surface area (Å²) in [6.45, 7) is 0. The van der Waals surface area contributed by atoms with E-state index in [4.69, 9.17) is 5.73 Å². The first kappa shape index (κ1) is 17.4.